The fourth-order valence-electron chi connectivity index (χ4n) is 3.93. The third-order valence-electron chi connectivity index (χ3n) is 5.55. The van der Waals surface area contributed by atoms with Gasteiger partial charge in [-0.25, -0.2) is 12.8 Å². The van der Waals surface area contributed by atoms with Crippen LogP contribution in [0.5, 0.6) is 0 Å². The van der Waals surface area contributed by atoms with Gasteiger partial charge in [0.05, 0.1) is 23.1 Å². The summed E-state index contributed by atoms with van der Waals surface area (Å²) in [7, 11) is -3.72. The summed E-state index contributed by atoms with van der Waals surface area (Å²) in [6.45, 7) is 0.756. The molecule has 28 heavy (non-hydrogen) atoms. The topological polar surface area (TPSA) is 95.2 Å². The normalized spacial score (nSPS) is 20.1. The van der Waals surface area contributed by atoms with Crippen molar-refractivity contribution in [2.45, 2.75) is 43.5 Å². The molecule has 1 aliphatic heterocycles. The first-order chi connectivity index (χ1) is 13.4. The zero-order chi connectivity index (χ0) is 19.7. The average Bonchev–Trinajstić information content (AvgIpc) is 3.34. The third kappa shape index (κ3) is 3.68. The summed E-state index contributed by atoms with van der Waals surface area (Å²) in [4.78, 5) is 12.6. The molecule has 0 spiro atoms. The number of rotatable bonds is 5. The first kappa shape index (κ1) is 19.1. The van der Waals surface area contributed by atoms with Crippen LogP contribution in [0.3, 0.4) is 0 Å². The molecule has 0 saturated carbocycles. The predicted octanol–water partition coefficient (Wildman–Crippen LogP) is 1.75. The first-order valence-electron chi connectivity index (χ1n) is 9.53. The Balaban J connectivity index is 1.36. The van der Waals surface area contributed by atoms with Crippen LogP contribution >= 0.6 is 0 Å². The van der Waals surface area contributed by atoms with Gasteiger partial charge in [0.15, 0.2) is 0 Å². The van der Waals surface area contributed by atoms with E-state index in [4.69, 9.17) is 0 Å². The number of sulfonamides is 1. The number of aromatic amines is 1. The molecule has 2 aromatic rings. The predicted molar refractivity (Wildman–Crippen MR) is 100 cm³/mol. The second kappa shape index (κ2) is 7.63. The van der Waals surface area contributed by atoms with Crippen molar-refractivity contribution >= 4 is 15.9 Å². The maximum Gasteiger partial charge on any atom is 0.243 e. The number of nitrogens with zero attached hydrogens (tertiary/aromatic N) is 2. The third-order valence-corrected chi connectivity index (χ3v) is 7.42. The van der Waals surface area contributed by atoms with E-state index in [2.05, 4.69) is 15.5 Å². The maximum atomic E-state index is 13.1. The lowest BCUT2D eigenvalue weighted by Crippen LogP contribution is -2.34. The lowest BCUT2D eigenvalue weighted by molar-refractivity contribution is -0.124. The molecule has 0 radical (unpaired) electrons. The van der Waals surface area contributed by atoms with Crippen LogP contribution in [0, 0.1) is 11.7 Å². The molecule has 4 rings (SSSR count). The molecule has 1 saturated heterocycles. The van der Waals surface area contributed by atoms with Gasteiger partial charge in [0.1, 0.15) is 5.82 Å². The first-order valence-corrected chi connectivity index (χ1v) is 11.0. The van der Waals surface area contributed by atoms with E-state index in [0.717, 1.165) is 49.2 Å². The summed E-state index contributed by atoms with van der Waals surface area (Å²) < 4.78 is 39.7. The quantitative estimate of drug-likeness (QED) is 0.791. The SMILES string of the molecule is O=C(NCc1n[nH]c2c1CCCC2)[C@H]1CCN(S(=O)(=O)c2ccc(F)cc2)C1. The van der Waals surface area contributed by atoms with Crippen molar-refractivity contribution in [1.82, 2.24) is 19.8 Å². The largest absolute Gasteiger partial charge is 0.350 e. The van der Waals surface area contributed by atoms with Crippen LogP contribution in [0.2, 0.25) is 0 Å². The summed E-state index contributed by atoms with van der Waals surface area (Å²) in [5.41, 5.74) is 3.24. The van der Waals surface area contributed by atoms with Gasteiger partial charge in [-0.3, -0.25) is 9.89 Å². The highest BCUT2D eigenvalue weighted by atomic mass is 32.2. The number of H-pyrrole nitrogens is 1. The Bertz CT molecular complexity index is 972. The Kier molecular flexibility index (Phi) is 5.20. The number of benzene rings is 1. The zero-order valence-electron chi connectivity index (χ0n) is 15.4. The highest BCUT2D eigenvalue weighted by Crippen LogP contribution is 2.25. The molecule has 9 heteroatoms. The molecule has 0 unspecified atom stereocenters. The van der Waals surface area contributed by atoms with Crippen LogP contribution in [0.15, 0.2) is 29.2 Å². The van der Waals surface area contributed by atoms with Gasteiger partial charge >= 0.3 is 0 Å². The molecular formula is C19H23FN4O3S. The summed E-state index contributed by atoms with van der Waals surface area (Å²) in [6, 6.07) is 4.74. The van der Waals surface area contributed by atoms with Crippen molar-refractivity contribution in [2.75, 3.05) is 13.1 Å². The molecule has 1 atom stereocenters. The Labute approximate surface area is 163 Å². The monoisotopic (exact) mass is 406 g/mol. The van der Waals surface area contributed by atoms with Gasteiger partial charge < -0.3 is 5.32 Å². The maximum absolute atomic E-state index is 13.1. The Morgan fingerprint density at radius 3 is 2.79 bits per heavy atom. The molecule has 7 nitrogen and oxygen atoms in total. The van der Waals surface area contributed by atoms with Gasteiger partial charge in [-0.15, -0.1) is 0 Å². The average molecular weight is 406 g/mol. The van der Waals surface area contributed by atoms with Crippen LogP contribution in [0.1, 0.15) is 36.2 Å². The summed E-state index contributed by atoms with van der Waals surface area (Å²) in [5, 5.41) is 10.3. The number of carbonyl (C=O) groups excluding carboxylic acids is 1. The number of halogens is 1. The van der Waals surface area contributed by atoms with Crippen molar-refractivity contribution in [3.63, 3.8) is 0 Å². The highest BCUT2D eigenvalue weighted by Gasteiger charge is 2.35. The van der Waals surface area contributed by atoms with E-state index in [-0.39, 0.29) is 23.9 Å². The van der Waals surface area contributed by atoms with Crippen molar-refractivity contribution in [1.29, 1.82) is 0 Å². The van der Waals surface area contributed by atoms with E-state index in [1.165, 1.54) is 22.0 Å². The zero-order valence-corrected chi connectivity index (χ0v) is 16.3. The van der Waals surface area contributed by atoms with E-state index in [1.807, 2.05) is 0 Å². The molecule has 1 aromatic carbocycles. The smallest absolute Gasteiger partial charge is 0.243 e. The number of aryl methyl sites for hydroxylation is 1. The van der Waals surface area contributed by atoms with Crippen molar-refractivity contribution < 1.29 is 17.6 Å². The molecular weight excluding hydrogens is 383 g/mol. The second-order valence-corrected chi connectivity index (χ2v) is 9.29. The Morgan fingerprint density at radius 2 is 2.00 bits per heavy atom. The minimum Gasteiger partial charge on any atom is -0.350 e. The molecule has 1 amide bonds. The number of aromatic nitrogens is 2. The number of nitrogens with one attached hydrogen (secondary N) is 2. The van der Waals surface area contributed by atoms with Gasteiger partial charge in [0, 0.05) is 18.8 Å². The van der Waals surface area contributed by atoms with Crippen LogP contribution in [-0.4, -0.2) is 41.9 Å². The number of hydrogen-bond acceptors (Lipinski definition) is 4. The number of fused-ring (bicyclic) bond motifs is 1. The van der Waals surface area contributed by atoms with Gasteiger partial charge in [0.2, 0.25) is 15.9 Å². The van der Waals surface area contributed by atoms with Crippen LogP contribution in [0.4, 0.5) is 4.39 Å². The van der Waals surface area contributed by atoms with E-state index in [1.54, 1.807) is 0 Å². The molecule has 150 valence electrons. The lowest BCUT2D eigenvalue weighted by Gasteiger charge is -2.17. The molecule has 1 aliphatic carbocycles. The van der Waals surface area contributed by atoms with Gasteiger partial charge in [-0.2, -0.15) is 9.40 Å². The lowest BCUT2D eigenvalue weighted by atomic mass is 9.96. The summed E-state index contributed by atoms with van der Waals surface area (Å²) >= 11 is 0. The van der Waals surface area contributed by atoms with E-state index in [9.17, 15) is 17.6 Å². The fourth-order valence-corrected chi connectivity index (χ4v) is 5.43. The molecule has 0 bridgehead atoms. The standard InChI is InChI=1S/C19H23FN4O3S/c20-14-5-7-15(8-6-14)28(26,27)24-10-9-13(12-24)19(25)21-11-18-16-3-1-2-4-17(16)22-23-18/h5-8,13H,1-4,9-12H2,(H,21,25)(H,22,23)/t13-/m0/s1. The number of hydrogen-bond donors (Lipinski definition) is 2. The van der Waals surface area contributed by atoms with Crippen LogP contribution in [-0.2, 0) is 34.2 Å². The van der Waals surface area contributed by atoms with Crippen molar-refractivity contribution in [3.8, 4) is 0 Å². The fraction of sp³-hybridized carbons (Fsp3) is 0.474. The van der Waals surface area contributed by atoms with E-state index >= 15 is 0 Å². The minimum absolute atomic E-state index is 0.0399. The number of amides is 1. The second-order valence-electron chi connectivity index (χ2n) is 7.35. The van der Waals surface area contributed by atoms with Crippen LogP contribution in [0.25, 0.3) is 0 Å². The minimum atomic E-state index is -3.72. The van der Waals surface area contributed by atoms with Gasteiger partial charge in [-0.05, 0) is 61.9 Å². The summed E-state index contributed by atoms with van der Waals surface area (Å²) in [6.07, 6.45) is 4.72. The van der Waals surface area contributed by atoms with Gasteiger partial charge in [0.25, 0.3) is 0 Å². The molecule has 2 aliphatic rings. The van der Waals surface area contributed by atoms with Crippen molar-refractivity contribution in [3.05, 3.63) is 47.0 Å². The van der Waals surface area contributed by atoms with E-state index in [0.29, 0.717) is 13.0 Å². The molecule has 1 fully saturated rings. The highest BCUT2D eigenvalue weighted by molar-refractivity contribution is 7.89. The molecule has 1 aromatic heterocycles. The number of carbonyl (C=O) groups is 1. The van der Waals surface area contributed by atoms with Crippen LogP contribution < -0.4 is 5.32 Å². The van der Waals surface area contributed by atoms with E-state index < -0.39 is 21.8 Å². The Morgan fingerprint density at radius 1 is 1.25 bits per heavy atom. The molecule has 2 N–H and O–H groups in total. The molecule has 2 heterocycles. The Hall–Kier alpha value is -2.26. The summed E-state index contributed by atoms with van der Waals surface area (Å²) in [5.74, 6) is -1.05. The van der Waals surface area contributed by atoms with Gasteiger partial charge in [-0.1, -0.05) is 0 Å². The van der Waals surface area contributed by atoms with Crippen molar-refractivity contribution in [2.24, 2.45) is 5.92 Å².